The van der Waals surface area contributed by atoms with E-state index in [9.17, 15) is 26.4 Å². The number of benzene rings is 2. The summed E-state index contributed by atoms with van der Waals surface area (Å²) >= 11 is 0. The van der Waals surface area contributed by atoms with Gasteiger partial charge in [0.15, 0.2) is 0 Å². The summed E-state index contributed by atoms with van der Waals surface area (Å²) < 4.78 is 66.6. The van der Waals surface area contributed by atoms with Gasteiger partial charge in [-0.1, -0.05) is 18.2 Å². The lowest BCUT2D eigenvalue weighted by Gasteiger charge is -2.43. The van der Waals surface area contributed by atoms with Crippen LogP contribution in [0.1, 0.15) is 36.1 Å². The Morgan fingerprint density at radius 2 is 1.65 bits per heavy atom. The lowest BCUT2D eigenvalue weighted by molar-refractivity contribution is -0.138. The molecular formula is C24H29F3N2O4S. The van der Waals surface area contributed by atoms with Gasteiger partial charge in [0.05, 0.1) is 16.9 Å². The van der Waals surface area contributed by atoms with Crippen molar-refractivity contribution in [3.63, 3.8) is 0 Å². The second-order valence-electron chi connectivity index (χ2n) is 8.90. The normalized spacial score (nSPS) is 20.4. The third kappa shape index (κ3) is 5.97. The Morgan fingerprint density at radius 1 is 1.06 bits per heavy atom. The Balaban J connectivity index is 1.69. The number of hydrogen-bond donors (Lipinski definition) is 1. The minimum atomic E-state index is -4.36. The average Bonchev–Trinajstić information content (AvgIpc) is 2.72. The number of rotatable bonds is 7. The Bertz CT molecular complexity index is 1120. The molecule has 1 heterocycles. The molecule has 0 radical (unpaired) electrons. The monoisotopic (exact) mass is 498 g/mol. The van der Waals surface area contributed by atoms with E-state index in [1.165, 1.54) is 28.6 Å². The fraction of sp³-hybridized carbons (Fsp3) is 0.458. The molecule has 0 saturated carbocycles. The van der Waals surface area contributed by atoms with Crippen molar-refractivity contribution in [1.29, 1.82) is 0 Å². The molecule has 1 aliphatic rings. The zero-order valence-electron chi connectivity index (χ0n) is 19.3. The molecule has 2 aromatic rings. The van der Waals surface area contributed by atoms with Gasteiger partial charge in [0.2, 0.25) is 10.0 Å². The number of carboxylic acid groups (broad SMARTS) is 1. The summed E-state index contributed by atoms with van der Waals surface area (Å²) in [5.74, 6) is -1.03. The lowest BCUT2D eigenvalue weighted by Crippen LogP contribution is -2.58. The van der Waals surface area contributed by atoms with Gasteiger partial charge in [-0.15, -0.1) is 0 Å². The highest BCUT2D eigenvalue weighted by Gasteiger charge is 2.38. The number of carboxylic acids is 1. The van der Waals surface area contributed by atoms with Crippen molar-refractivity contribution in [3.8, 4) is 0 Å². The van der Waals surface area contributed by atoms with Crippen molar-refractivity contribution in [3.05, 3.63) is 64.7 Å². The van der Waals surface area contributed by atoms with Gasteiger partial charge in [-0.05, 0) is 68.1 Å². The average molecular weight is 499 g/mol. The summed E-state index contributed by atoms with van der Waals surface area (Å²) in [6.45, 7) is 6.96. The van der Waals surface area contributed by atoms with Crippen molar-refractivity contribution >= 4 is 16.0 Å². The van der Waals surface area contributed by atoms with Crippen LogP contribution in [0.15, 0.2) is 47.4 Å². The molecular weight excluding hydrogens is 469 g/mol. The molecule has 2 aromatic carbocycles. The zero-order valence-corrected chi connectivity index (χ0v) is 20.2. The highest BCUT2D eigenvalue weighted by Crippen LogP contribution is 2.30. The van der Waals surface area contributed by atoms with E-state index in [4.69, 9.17) is 5.11 Å². The standard InChI is InChI=1S/C24H29F3N2O4S/c1-16-4-9-22(12-20(16)13-23(30)31)34(32,33)29-17(2)14-28(15-18(29)3)11-10-19-5-7-21(8-6-19)24(25,26)27/h4-9,12,17-18H,10-11,13-15H2,1-3H3,(H,30,31)/t17-,18+. The molecule has 6 nitrogen and oxygen atoms in total. The van der Waals surface area contributed by atoms with Crippen LogP contribution in [0.2, 0.25) is 0 Å². The quantitative estimate of drug-likeness (QED) is 0.625. The van der Waals surface area contributed by atoms with Gasteiger partial charge in [0, 0.05) is 31.7 Å². The van der Waals surface area contributed by atoms with Gasteiger partial charge >= 0.3 is 12.1 Å². The molecule has 1 N–H and O–H groups in total. The van der Waals surface area contributed by atoms with E-state index in [1.54, 1.807) is 13.0 Å². The number of piperazine rings is 1. The van der Waals surface area contributed by atoms with Crippen molar-refractivity contribution in [1.82, 2.24) is 9.21 Å². The van der Waals surface area contributed by atoms with Gasteiger partial charge in [-0.25, -0.2) is 8.42 Å². The molecule has 0 spiro atoms. The first-order valence-electron chi connectivity index (χ1n) is 11.0. The molecule has 0 unspecified atom stereocenters. The predicted molar refractivity (Wildman–Crippen MR) is 122 cm³/mol. The number of nitrogens with zero attached hydrogens (tertiary/aromatic N) is 2. The fourth-order valence-electron chi connectivity index (χ4n) is 4.50. The smallest absolute Gasteiger partial charge is 0.416 e. The lowest BCUT2D eigenvalue weighted by atomic mass is 10.1. The van der Waals surface area contributed by atoms with Crippen LogP contribution in [0, 0.1) is 6.92 Å². The summed E-state index contributed by atoms with van der Waals surface area (Å²) in [7, 11) is -3.84. The molecule has 34 heavy (non-hydrogen) atoms. The third-order valence-electron chi connectivity index (χ3n) is 6.15. The van der Waals surface area contributed by atoms with Crippen molar-refractivity contribution in [2.45, 2.75) is 56.8 Å². The minimum absolute atomic E-state index is 0.0752. The van der Waals surface area contributed by atoms with E-state index in [0.29, 0.717) is 31.6 Å². The molecule has 1 aliphatic heterocycles. The summed E-state index contributed by atoms with van der Waals surface area (Å²) in [5, 5.41) is 9.11. The van der Waals surface area contributed by atoms with E-state index < -0.39 is 27.7 Å². The number of halogens is 3. The van der Waals surface area contributed by atoms with Gasteiger partial charge < -0.3 is 5.11 Å². The van der Waals surface area contributed by atoms with Gasteiger partial charge in [0.1, 0.15) is 0 Å². The Kier molecular flexibility index (Phi) is 7.74. The second-order valence-corrected chi connectivity index (χ2v) is 10.7. The Morgan fingerprint density at radius 3 is 2.18 bits per heavy atom. The third-order valence-corrected chi connectivity index (χ3v) is 8.27. The molecule has 3 rings (SSSR count). The maximum atomic E-state index is 13.4. The van der Waals surface area contributed by atoms with Crippen LogP contribution in [-0.2, 0) is 33.8 Å². The first-order chi connectivity index (χ1) is 15.8. The van der Waals surface area contributed by atoms with Crippen molar-refractivity contribution in [2.75, 3.05) is 19.6 Å². The first-order valence-corrected chi connectivity index (χ1v) is 12.5. The minimum Gasteiger partial charge on any atom is -0.481 e. The van der Waals surface area contributed by atoms with Gasteiger partial charge in [0.25, 0.3) is 0 Å². The summed E-state index contributed by atoms with van der Waals surface area (Å²) in [4.78, 5) is 13.3. The molecule has 186 valence electrons. The zero-order chi connectivity index (χ0) is 25.3. The number of alkyl halides is 3. The SMILES string of the molecule is Cc1ccc(S(=O)(=O)N2[C@H](C)CN(CCc3ccc(C(F)(F)F)cc3)C[C@@H]2C)cc1CC(=O)O. The van der Waals surface area contributed by atoms with Crippen LogP contribution in [0.5, 0.6) is 0 Å². The topological polar surface area (TPSA) is 77.9 Å². The molecule has 0 bridgehead atoms. The van der Waals surface area contributed by atoms with Crippen LogP contribution in [-0.4, -0.2) is 60.4 Å². The molecule has 0 aromatic heterocycles. The summed E-state index contributed by atoms with van der Waals surface area (Å²) in [6, 6.07) is 9.01. The van der Waals surface area contributed by atoms with E-state index >= 15 is 0 Å². The van der Waals surface area contributed by atoms with Crippen LogP contribution in [0.4, 0.5) is 13.2 Å². The number of sulfonamides is 1. The molecule has 0 amide bonds. The number of carbonyl (C=O) groups is 1. The van der Waals surface area contributed by atoms with Gasteiger partial charge in [-0.3, -0.25) is 9.69 Å². The summed E-state index contributed by atoms with van der Waals surface area (Å²) in [6.07, 6.45) is -4.06. The largest absolute Gasteiger partial charge is 0.481 e. The predicted octanol–water partition coefficient (Wildman–Crippen LogP) is 3.97. The maximum absolute atomic E-state index is 13.4. The van der Waals surface area contributed by atoms with E-state index in [-0.39, 0.29) is 23.4 Å². The number of aliphatic carboxylic acids is 1. The first kappa shape index (κ1) is 26.2. The second kappa shape index (κ2) is 10.1. The van der Waals surface area contributed by atoms with Crippen molar-refractivity contribution < 1.29 is 31.5 Å². The van der Waals surface area contributed by atoms with Gasteiger partial charge in [-0.2, -0.15) is 17.5 Å². The van der Waals surface area contributed by atoms with E-state index in [1.807, 2.05) is 13.8 Å². The van der Waals surface area contributed by atoms with Crippen molar-refractivity contribution in [2.24, 2.45) is 0 Å². The Hall–Kier alpha value is -2.43. The number of aryl methyl sites for hydroxylation is 1. The highest BCUT2D eigenvalue weighted by atomic mass is 32.2. The molecule has 10 heteroatoms. The van der Waals surface area contributed by atoms with Crippen LogP contribution < -0.4 is 0 Å². The highest BCUT2D eigenvalue weighted by molar-refractivity contribution is 7.89. The van der Waals surface area contributed by atoms with Crippen LogP contribution in [0.3, 0.4) is 0 Å². The number of hydrogen-bond acceptors (Lipinski definition) is 4. The molecule has 0 aliphatic carbocycles. The van der Waals surface area contributed by atoms with E-state index in [2.05, 4.69) is 4.90 Å². The van der Waals surface area contributed by atoms with Crippen LogP contribution >= 0.6 is 0 Å². The molecule has 1 fully saturated rings. The molecule has 1 saturated heterocycles. The van der Waals surface area contributed by atoms with E-state index in [0.717, 1.165) is 23.3 Å². The Labute approximate surface area is 198 Å². The maximum Gasteiger partial charge on any atom is 0.416 e. The fourth-order valence-corrected chi connectivity index (χ4v) is 6.36. The van der Waals surface area contributed by atoms with Crippen LogP contribution in [0.25, 0.3) is 0 Å². The molecule has 2 atom stereocenters. The summed E-state index contributed by atoms with van der Waals surface area (Å²) in [5.41, 5.74) is 1.29.